The third-order valence-corrected chi connectivity index (χ3v) is 8.47. The van der Waals surface area contributed by atoms with Crippen LogP contribution in [0.2, 0.25) is 0 Å². The van der Waals surface area contributed by atoms with Crippen LogP contribution in [0.5, 0.6) is 5.75 Å². The Hall–Kier alpha value is -3.98. The Labute approximate surface area is 253 Å². The first-order valence-electron chi connectivity index (χ1n) is 15.0. The van der Waals surface area contributed by atoms with Crippen molar-refractivity contribution in [1.29, 1.82) is 0 Å². The molecule has 0 bridgehead atoms. The van der Waals surface area contributed by atoms with Crippen LogP contribution in [0.3, 0.4) is 0 Å². The molecule has 5 rings (SSSR count). The summed E-state index contributed by atoms with van der Waals surface area (Å²) < 4.78 is 5.55. The molecule has 4 aromatic carbocycles. The van der Waals surface area contributed by atoms with Gasteiger partial charge < -0.3 is 14.5 Å². The summed E-state index contributed by atoms with van der Waals surface area (Å²) in [6.07, 6.45) is 0. The largest absolute Gasteiger partial charge is 0.497 e. The molecule has 1 heterocycles. The monoisotopic (exact) mass is 558 g/mol. The van der Waals surface area contributed by atoms with Crippen molar-refractivity contribution in [3.8, 4) is 5.75 Å². The quantitative estimate of drug-likeness (QED) is 0.242. The molecule has 0 atom stereocenters. The maximum atomic E-state index is 5.55. The van der Waals surface area contributed by atoms with E-state index < -0.39 is 0 Å². The molecule has 1 aliphatic rings. The Balaban J connectivity index is 1.83. The summed E-state index contributed by atoms with van der Waals surface area (Å²) in [6.45, 7) is 21.1. The Morgan fingerprint density at radius 1 is 0.548 bits per heavy atom. The van der Waals surface area contributed by atoms with E-state index in [1.165, 1.54) is 61.7 Å². The van der Waals surface area contributed by atoms with Gasteiger partial charge in [-0.05, 0) is 90.3 Å². The molecular formula is C39H46N2O. The summed E-state index contributed by atoms with van der Waals surface area (Å²) in [4.78, 5) is 5.04. The number of methoxy groups -OCH3 is 1. The van der Waals surface area contributed by atoms with Crippen molar-refractivity contribution in [3.05, 3.63) is 124 Å². The van der Waals surface area contributed by atoms with E-state index in [1.54, 1.807) is 7.11 Å². The van der Waals surface area contributed by atoms with Gasteiger partial charge in [-0.3, -0.25) is 0 Å². The van der Waals surface area contributed by atoms with E-state index in [2.05, 4.69) is 157 Å². The van der Waals surface area contributed by atoms with Gasteiger partial charge in [0.1, 0.15) is 12.4 Å². The van der Waals surface area contributed by atoms with Crippen LogP contribution in [0.1, 0.15) is 80.5 Å². The van der Waals surface area contributed by atoms with Crippen molar-refractivity contribution in [2.45, 2.75) is 73.1 Å². The third kappa shape index (κ3) is 5.70. The highest BCUT2D eigenvalue weighted by Crippen LogP contribution is 2.46. The highest BCUT2D eigenvalue weighted by Gasteiger charge is 2.35. The van der Waals surface area contributed by atoms with Gasteiger partial charge in [-0.25, -0.2) is 0 Å². The van der Waals surface area contributed by atoms with Crippen LogP contribution in [0.15, 0.2) is 84.9 Å². The molecule has 0 fully saturated rings. The number of aryl methyl sites for hydroxylation is 3. The Morgan fingerprint density at radius 2 is 0.952 bits per heavy atom. The molecular weight excluding hydrogens is 512 g/mol. The van der Waals surface area contributed by atoms with E-state index in [9.17, 15) is 0 Å². The fraction of sp³-hybridized carbons (Fsp3) is 0.333. The second-order valence-electron chi connectivity index (χ2n) is 13.8. The van der Waals surface area contributed by atoms with Gasteiger partial charge in [0.2, 0.25) is 0 Å². The Morgan fingerprint density at radius 3 is 1.33 bits per heavy atom. The molecule has 42 heavy (non-hydrogen) atoms. The summed E-state index contributed by atoms with van der Waals surface area (Å²) >= 11 is 0. The van der Waals surface area contributed by atoms with Crippen LogP contribution in [0, 0.1) is 20.8 Å². The predicted octanol–water partition coefficient (Wildman–Crippen LogP) is 10.0. The molecule has 0 spiro atoms. The fourth-order valence-corrected chi connectivity index (χ4v) is 5.71. The second-order valence-corrected chi connectivity index (χ2v) is 13.8. The summed E-state index contributed by atoms with van der Waals surface area (Å²) in [5.41, 5.74) is 13.8. The minimum Gasteiger partial charge on any atom is -0.497 e. The first-order valence-corrected chi connectivity index (χ1v) is 15.0. The van der Waals surface area contributed by atoms with Gasteiger partial charge in [-0.1, -0.05) is 95.6 Å². The molecule has 0 aromatic heterocycles. The number of hydrogen-bond donors (Lipinski definition) is 0. The van der Waals surface area contributed by atoms with Gasteiger partial charge in [0.25, 0.3) is 0 Å². The number of rotatable bonds is 5. The number of benzene rings is 4. The smallest absolute Gasteiger partial charge is 0.118 e. The van der Waals surface area contributed by atoms with Gasteiger partial charge in [0, 0.05) is 22.5 Å². The van der Waals surface area contributed by atoms with E-state index in [1.807, 2.05) is 0 Å². The first kappa shape index (κ1) is 29.5. The second kappa shape index (κ2) is 11.0. The van der Waals surface area contributed by atoms with Gasteiger partial charge in [-0.15, -0.1) is 0 Å². The lowest BCUT2D eigenvalue weighted by Crippen LogP contribution is -2.29. The topological polar surface area (TPSA) is 15.7 Å². The van der Waals surface area contributed by atoms with E-state index >= 15 is 0 Å². The van der Waals surface area contributed by atoms with Crippen molar-refractivity contribution in [2.24, 2.45) is 0 Å². The molecule has 0 saturated carbocycles. The van der Waals surface area contributed by atoms with E-state index in [0.29, 0.717) is 6.67 Å². The van der Waals surface area contributed by atoms with Crippen LogP contribution >= 0.6 is 0 Å². The van der Waals surface area contributed by atoms with Crippen molar-refractivity contribution in [2.75, 3.05) is 23.6 Å². The predicted molar refractivity (Wildman–Crippen MR) is 181 cm³/mol. The summed E-state index contributed by atoms with van der Waals surface area (Å²) in [6, 6.07) is 31.4. The molecule has 0 radical (unpaired) electrons. The normalized spacial score (nSPS) is 14.1. The third-order valence-electron chi connectivity index (χ3n) is 8.47. The van der Waals surface area contributed by atoms with Crippen LogP contribution in [-0.4, -0.2) is 13.8 Å². The molecule has 0 saturated heterocycles. The summed E-state index contributed by atoms with van der Waals surface area (Å²) in [7, 11) is 1.72. The van der Waals surface area contributed by atoms with Gasteiger partial charge in [0.15, 0.2) is 0 Å². The SMILES string of the molecule is COc1ccc(C2=C(c3ccc(C)cc3)N(c3cc(C(C)(C)C)ccc3C)CN2c2cc(C(C)(C)C)ccc2C)cc1. The zero-order valence-corrected chi connectivity index (χ0v) is 27.1. The van der Waals surface area contributed by atoms with E-state index in [0.717, 1.165) is 5.75 Å². The molecule has 0 unspecified atom stereocenters. The van der Waals surface area contributed by atoms with Crippen LogP contribution in [0.4, 0.5) is 11.4 Å². The minimum absolute atomic E-state index is 0.0449. The maximum Gasteiger partial charge on any atom is 0.118 e. The van der Waals surface area contributed by atoms with E-state index in [-0.39, 0.29) is 10.8 Å². The Kier molecular flexibility index (Phi) is 7.74. The van der Waals surface area contributed by atoms with Gasteiger partial charge in [0.05, 0.1) is 18.5 Å². The zero-order chi connectivity index (χ0) is 30.4. The van der Waals surface area contributed by atoms with Crippen molar-refractivity contribution < 1.29 is 4.74 Å². The van der Waals surface area contributed by atoms with Crippen molar-refractivity contribution >= 4 is 22.8 Å². The molecule has 1 aliphatic heterocycles. The zero-order valence-electron chi connectivity index (χ0n) is 27.1. The standard InChI is InChI=1S/C39H46N2O/c1-26-11-15-29(16-12-26)36-37(30-17-21-33(42-10)22-18-30)41(35-24-32(39(7,8)9)20-14-28(35)3)25-40(36)34-23-31(38(4,5)6)19-13-27(34)2/h11-24H,25H2,1-10H3. The average molecular weight is 559 g/mol. The van der Waals surface area contributed by atoms with E-state index in [4.69, 9.17) is 4.74 Å². The number of hydrogen-bond acceptors (Lipinski definition) is 3. The fourth-order valence-electron chi connectivity index (χ4n) is 5.71. The van der Waals surface area contributed by atoms with Gasteiger partial charge >= 0.3 is 0 Å². The van der Waals surface area contributed by atoms with Crippen molar-refractivity contribution in [1.82, 2.24) is 0 Å². The molecule has 218 valence electrons. The number of ether oxygens (including phenoxy) is 1. The highest BCUT2D eigenvalue weighted by atomic mass is 16.5. The summed E-state index contributed by atoms with van der Waals surface area (Å²) in [5.74, 6) is 0.859. The lowest BCUT2D eigenvalue weighted by Gasteiger charge is -2.30. The van der Waals surface area contributed by atoms with Crippen LogP contribution in [-0.2, 0) is 10.8 Å². The summed E-state index contributed by atoms with van der Waals surface area (Å²) in [5, 5.41) is 0. The average Bonchev–Trinajstić information content (AvgIpc) is 3.32. The van der Waals surface area contributed by atoms with Crippen LogP contribution in [0.25, 0.3) is 11.4 Å². The lowest BCUT2D eigenvalue weighted by atomic mass is 9.86. The molecule has 0 N–H and O–H groups in total. The first-order chi connectivity index (χ1) is 19.8. The molecule has 0 amide bonds. The molecule has 3 nitrogen and oxygen atoms in total. The molecule has 3 heteroatoms. The number of anilines is 2. The molecule has 0 aliphatic carbocycles. The van der Waals surface area contributed by atoms with Crippen molar-refractivity contribution in [3.63, 3.8) is 0 Å². The Bertz CT molecular complexity index is 1610. The maximum absolute atomic E-state index is 5.55. The molecule has 4 aromatic rings. The minimum atomic E-state index is 0.0449. The highest BCUT2D eigenvalue weighted by molar-refractivity contribution is 6.06. The lowest BCUT2D eigenvalue weighted by molar-refractivity contribution is 0.415. The van der Waals surface area contributed by atoms with Crippen LogP contribution < -0.4 is 14.5 Å². The number of nitrogens with zero attached hydrogens (tertiary/aromatic N) is 2. The van der Waals surface area contributed by atoms with Gasteiger partial charge in [-0.2, -0.15) is 0 Å².